The predicted octanol–water partition coefficient (Wildman–Crippen LogP) is 5.15. The first kappa shape index (κ1) is 24.4. The Balaban J connectivity index is 2.54. The maximum absolute atomic E-state index is 13.3. The number of hydrogen-bond acceptors (Lipinski definition) is 5. The fourth-order valence-corrected chi connectivity index (χ4v) is 3.52. The third-order valence-corrected chi connectivity index (χ3v) is 5.45. The fourth-order valence-electron chi connectivity index (χ4n) is 3.52. The van der Waals surface area contributed by atoms with Gasteiger partial charge in [-0.25, -0.2) is 4.79 Å². The van der Waals surface area contributed by atoms with E-state index in [2.05, 4.69) is 5.32 Å². The van der Waals surface area contributed by atoms with E-state index in [0.29, 0.717) is 54.2 Å². The van der Waals surface area contributed by atoms with Gasteiger partial charge in [-0.2, -0.15) is 0 Å². The number of esters is 1. The minimum atomic E-state index is -0.476. The van der Waals surface area contributed by atoms with Crippen molar-refractivity contribution in [1.82, 2.24) is 0 Å². The molecule has 0 fully saturated rings. The van der Waals surface area contributed by atoms with Crippen molar-refractivity contribution in [2.45, 2.75) is 73.6 Å². The van der Waals surface area contributed by atoms with Crippen molar-refractivity contribution in [3.8, 4) is 0 Å². The zero-order valence-corrected chi connectivity index (χ0v) is 19.4. The Kier molecular flexibility index (Phi) is 8.60. The average Bonchev–Trinajstić information content (AvgIpc) is 2.75. The van der Waals surface area contributed by atoms with Crippen LogP contribution in [-0.4, -0.2) is 18.5 Å². The van der Waals surface area contributed by atoms with E-state index < -0.39 is 5.91 Å². The topological polar surface area (TPSA) is 85.6 Å². The number of rotatable bonds is 9. The molecule has 168 valence electrons. The summed E-state index contributed by atoms with van der Waals surface area (Å²) >= 11 is 0. The van der Waals surface area contributed by atoms with Crippen molar-refractivity contribution in [1.29, 1.82) is 0 Å². The number of amides is 1. The largest absolute Gasteiger partial charge is 0.465 e. The van der Waals surface area contributed by atoms with E-state index in [0.717, 1.165) is 24.0 Å². The van der Waals surface area contributed by atoms with E-state index in [1.54, 1.807) is 32.9 Å². The van der Waals surface area contributed by atoms with Gasteiger partial charge in [-0.15, -0.1) is 0 Å². The highest BCUT2D eigenvalue weighted by molar-refractivity contribution is 6.06. The van der Waals surface area contributed by atoms with Crippen LogP contribution in [0.5, 0.6) is 0 Å². The molecule has 0 unspecified atom stereocenters. The van der Waals surface area contributed by atoms with Crippen LogP contribution in [0, 0.1) is 13.8 Å². The van der Waals surface area contributed by atoms with Gasteiger partial charge in [-0.05, 0) is 63.3 Å². The molecule has 1 amide bonds. The van der Waals surface area contributed by atoms with Crippen molar-refractivity contribution in [2.75, 3.05) is 11.9 Å². The first-order valence-electron chi connectivity index (χ1n) is 11.1. The van der Waals surface area contributed by atoms with Crippen molar-refractivity contribution >= 4 is 17.6 Å². The van der Waals surface area contributed by atoms with Gasteiger partial charge in [-0.1, -0.05) is 27.2 Å². The molecule has 2 aromatic rings. The molecule has 0 aliphatic rings. The molecule has 1 aromatic heterocycles. The van der Waals surface area contributed by atoms with Crippen LogP contribution in [0.3, 0.4) is 0 Å². The Morgan fingerprint density at radius 2 is 1.65 bits per heavy atom. The Hall–Kier alpha value is -2.89. The van der Waals surface area contributed by atoms with Gasteiger partial charge in [0.05, 0.1) is 12.2 Å². The van der Waals surface area contributed by atoms with Crippen LogP contribution in [0.4, 0.5) is 5.69 Å². The molecule has 0 spiro atoms. The maximum atomic E-state index is 13.3. The van der Waals surface area contributed by atoms with Crippen LogP contribution >= 0.6 is 0 Å². The highest BCUT2D eigenvalue weighted by atomic mass is 16.5. The van der Waals surface area contributed by atoms with Gasteiger partial charge in [0, 0.05) is 17.7 Å². The van der Waals surface area contributed by atoms with Gasteiger partial charge in [0.2, 0.25) is 5.43 Å². The van der Waals surface area contributed by atoms with Crippen LogP contribution < -0.4 is 10.7 Å². The van der Waals surface area contributed by atoms with Crippen molar-refractivity contribution in [2.24, 2.45) is 0 Å². The second kappa shape index (κ2) is 10.9. The first-order valence-corrected chi connectivity index (χ1v) is 11.1. The molecule has 0 radical (unpaired) electrons. The van der Waals surface area contributed by atoms with E-state index in [9.17, 15) is 14.4 Å². The zero-order valence-electron chi connectivity index (χ0n) is 19.4. The molecule has 0 aliphatic carbocycles. The predicted molar refractivity (Wildman–Crippen MR) is 122 cm³/mol. The molecule has 0 saturated carbocycles. The van der Waals surface area contributed by atoms with Gasteiger partial charge in [0.1, 0.15) is 17.1 Å². The summed E-state index contributed by atoms with van der Waals surface area (Å²) in [5, 5.41) is 2.95. The summed E-state index contributed by atoms with van der Waals surface area (Å²) in [5.74, 6) is 0.0966. The van der Waals surface area contributed by atoms with Gasteiger partial charge in [0.15, 0.2) is 0 Å². The SMILES string of the molecule is CCCCc1oc(C)c(C)c(=O)c1C(=O)Nc1c(CC)cc(C(=O)OCC)cc1CC. The minimum Gasteiger partial charge on any atom is -0.465 e. The number of aryl methyl sites for hydroxylation is 4. The van der Waals surface area contributed by atoms with Gasteiger partial charge in [0.25, 0.3) is 5.91 Å². The highest BCUT2D eigenvalue weighted by Gasteiger charge is 2.23. The molecule has 1 aromatic carbocycles. The minimum absolute atomic E-state index is 0.0649. The van der Waals surface area contributed by atoms with E-state index in [4.69, 9.17) is 9.15 Å². The number of nitrogens with one attached hydrogen (secondary N) is 1. The van der Waals surface area contributed by atoms with Gasteiger partial charge >= 0.3 is 5.97 Å². The Bertz CT molecular complexity index is 994. The molecular weight excluding hydrogens is 394 g/mol. The molecular formula is C25H33NO5. The summed E-state index contributed by atoms with van der Waals surface area (Å²) in [6.07, 6.45) is 3.49. The summed E-state index contributed by atoms with van der Waals surface area (Å²) < 4.78 is 11.0. The second-order valence-corrected chi connectivity index (χ2v) is 7.57. The third-order valence-electron chi connectivity index (χ3n) is 5.45. The smallest absolute Gasteiger partial charge is 0.338 e. The lowest BCUT2D eigenvalue weighted by Gasteiger charge is -2.17. The van der Waals surface area contributed by atoms with E-state index in [1.807, 2.05) is 20.8 Å². The van der Waals surface area contributed by atoms with E-state index >= 15 is 0 Å². The second-order valence-electron chi connectivity index (χ2n) is 7.57. The van der Waals surface area contributed by atoms with Crippen LogP contribution in [0.15, 0.2) is 21.3 Å². The van der Waals surface area contributed by atoms with Crippen LogP contribution in [0.25, 0.3) is 0 Å². The quantitative estimate of drug-likeness (QED) is 0.559. The van der Waals surface area contributed by atoms with Crippen LogP contribution in [0.1, 0.15) is 89.5 Å². The Labute approximate surface area is 184 Å². The molecule has 6 heteroatoms. The van der Waals surface area contributed by atoms with Crippen LogP contribution in [-0.2, 0) is 24.0 Å². The Morgan fingerprint density at radius 3 is 2.16 bits per heavy atom. The number of benzene rings is 1. The lowest BCUT2D eigenvalue weighted by atomic mass is 9.98. The number of carbonyl (C=O) groups is 2. The standard InChI is InChI=1S/C25H33NO5/c1-7-11-12-20-21(23(27)15(5)16(6)31-20)24(28)26-22-17(8-2)13-19(14-18(22)9-3)25(29)30-10-4/h13-14H,7-12H2,1-6H3,(H,26,28). The summed E-state index contributed by atoms with van der Waals surface area (Å²) in [6.45, 7) is 11.4. The van der Waals surface area contributed by atoms with Crippen LogP contribution in [0.2, 0.25) is 0 Å². The van der Waals surface area contributed by atoms with Crippen molar-refractivity contribution in [3.05, 3.63) is 61.7 Å². The molecule has 1 N–H and O–H groups in total. The summed E-state index contributed by atoms with van der Waals surface area (Å²) in [5.41, 5.74) is 2.94. The molecule has 2 rings (SSSR count). The summed E-state index contributed by atoms with van der Waals surface area (Å²) in [6, 6.07) is 3.49. The lowest BCUT2D eigenvalue weighted by molar-refractivity contribution is 0.0526. The van der Waals surface area contributed by atoms with Gasteiger partial charge in [-0.3, -0.25) is 9.59 Å². The Morgan fingerprint density at radius 1 is 1.03 bits per heavy atom. The summed E-state index contributed by atoms with van der Waals surface area (Å²) in [4.78, 5) is 38.5. The number of anilines is 1. The van der Waals surface area contributed by atoms with E-state index in [-0.39, 0.29) is 17.0 Å². The molecule has 1 heterocycles. The number of hydrogen-bond donors (Lipinski definition) is 1. The fraction of sp³-hybridized carbons (Fsp3) is 0.480. The highest BCUT2D eigenvalue weighted by Crippen LogP contribution is 2.27. The average molecular weight is 428 g/mol. The molecule has 0 atom stereocenters. The lowest BCUT2D eigenvalue weighted by Crippen LogP contribution is -2.27. The maximum Gasteiger partial charge on any atom is 0.338 e. The van der Waals surface area contributed by atoms with Crippen molar-refractivity contribution < 1.29 is 18.7 Å². The molecule has 6 nitrogen and oxygen atoms in total. The number of carbonyl (C=O) groups excluding carboxylic acids is 2. The monoisotopic (exact) mass is 427 g/mol. The summed E-state index contributed by atoms with van der Waals surface area (Å²) in [7, 11) is 0. The van der Waals surface area contributed by atoms with Crippen molar-refractivity contribution in [3.63, 3.8) is 0 Å². The third kappa shape index (κ3) is 5.43. The first-order chi connectivity index (χ1) is 14.8. The zero-order chi connectivity index (χ0) is 23.1. The number of unbranched alkanes of at least 4 members (excludes halogenated alkanes) is 1. The molecule has 0 saturated heterocycles. The normalized spacial score (nSPS) is 10.8. The molecule has 31 heavy (non-hydrogen) atoms. The van der Waals surface area contributed by atoms with Gasteiger partial charge < -0.3 is 14.5 Å². The molecule has 0 bridgehead atoms. The molecule has 0 aliphatic heterocycles. The van der Waals surface area contributed by atoms with E-state index in [1.165, 1.54) is 0 Å². The number of ether oxygens (including phenoxy) is 1.